The first kappa shape index (κ1) is 31.9. The highest BCUT2D eigenvalue weighted by molar-refractivity contribution is 6.23. The summed E-state index contributed by atoms with van der Waals surface area (Å²) in [6.45, 7) is 5.76. The first-order valence-corrected chi connectivity index (χ1v) is 14.5. The van der Waals surface area contributed by atoms with Crippen molar-refractivity contribution in [1.82, 2.24) is 4.90 Å². The molecule has 0 saturated carbocycles. The summed E-state index contributed by atoms with van der Waals surface area (Å²) in [5, 5.41) is 11.7. The standard InChI is InChI=1S/C32H40N2O9/c1-9-10-13-41-23-12-11-22(33(5)6)20-14-19-15-21-27(34(7)8)29(39)24(16(2)35)30(40)32(21,43-18(4)37)31(42-17(3)36)25(19)28(38)26(20)23/h11-12,19,21,27,40H,9-10,13-15H2,1-8H3/t19-,21-,27?,32+/m0/s1. The van der Waals surface area contributed by atoms with E-state index in [9.17, 15) is 29.1 Å². The minimum atomic E-state index is -2.28. The van der Waals surface area contributed by atoms with Crippen LogP contribution in [-0.2, 0) is 35.1 Å². The number of anilines is 1. The normalized spacial score (nSPS) is 24.7. The predicted octanol–water partition coefficient (Wildman–Crippen LogP) is 3.34. The van der Waals surface area contributed by atoms with E-state index in [-0.39, 0.29) is 17.8 Å². The van der Waals surface area contributed by atoms with E-state index in [0.29, 0.717) is 24.3 Å². The van der Waals surface area contributed by atoms with Gasteiger partial charge in [0.05, 0.1) is 18.2 Å². The average Bonchev–Trinajstić information content (AvgIpc) is 2.88. The Balaban J connectivity index is 2.13. The number of aliphatic hydroxyl groups excluding tert-OH is 1. The van der Waals surface area contributed by atoms with Gasteiger partial charge in [0, 0.05) is 45.1 Å². The van der Waals surface area contributed by atoms with Crippen LogP contribution in [0, 0.1) is 11.8 Å². The maximum absolute atomic E-state index is 14.6. The van der Waals surface area contributed by atoms with E-state index in [2.05, 4.69) is 0 Å². The van der Waals surface area contributed by atoms with Gasteiger partial charge in [-0.05, 0) is 63.9 Å². The zero-order chi connectivity index (χ0) is 32.0. The Morgan fingerprint density at radius 3 is 2.26 bits per heavy atom. The van der Waals surface area contributed by atoms with Gasteiger partial charge in [0.2, 0.25) is 5.60 Å². The maximum atomic E-state index is 14.6. The number of rotatable bonds is 9. The van der Waals surface area contributed by atoms with Crippen LogP contribution in [0.15, 0.2) is 34.8 Å². The van der Waals surface area contributed by atoms with Crippen LogP contribution in [0.2, 0.25) is 0 Å². The highest BCUT2D eigenvalue weighted by Crippen LogP contribution is 2.56. The lowest BCUT2D eigenvalue weighted by molar-refractivity contribution is -0.176. The first-order chi connectivity index (χ1) is 20.2. The molecule has 232 valence electrons. The summed E-state index contributed by atoms with van der Waals surface area (Å²) >= 11 is 0. The van der Waals surface area contributed by atoms with Crippen LogP contribution < -0.4 is 9.64 Å². The summed E-state index contributed by atoms with van der Waals surface area (Å²) in [4.78, 5) is 70.0. The molecule has 1 N–H and O–H groups in total. The van der Waals surface area contributed by atoms with Gasteiger partial charge in [0.1, 0.15) is 11.3 Å². The molecule has 0 fully saturated rings. The molecular formula is C32H40N2O9. The molecule has 0 amide bonds. The van der Waals surface area contributed by atoms with Crippen molar-refractivity contribution in [2.75, 3.05) is 39.7 Å². The van der Waals surface area contributed by atoms with Gasteiger partial charge in [-0.25, -0.2) is 0 Å². The van der Waals surface area contributed by atoms with Crippen molar-refractivity contribution < 1.29 is 43.3 Å². The number of hydrogen-bond acceptors (Lipinski definition) is 11. The number of fused-ring (bicyclic) bond motifs is 3. The van der Waals surface area contributed by atoms with Gasteiger partial charge in [-0.15, -0.1) is 0 Å². The van der Waals surface area contributed by atoms with Crippen LogP contribution in [0.5, 0.6) is 5.75 Å². The molecule has 0 aliphatic heterocycles. The average molecular weight is 597 g/mol. The number of benzene rings is 1. The van der Waals surface area contributed by atoms with Crippen LogP contribution in [0.4, 0.5) is 5.69 Å². The number of ketones is 3. The molecule has 1 aromatic carbocycles. The number of esters is 2. The Kier molecular flexibility index (Phi) is 8.87. The summed E-state index contributed by atoms with van der Waals surface area (Å²) < 4.78 is 17.7. The summed E-state index contributed by atoms with van der Waals surface area (Å²) in [5.74, 6) is -6.01. The van der Waals surface area contributed by atoms with E-state index in [0.717, 1.165) is 44.9 Å². The predicted molar refractivity (Wildman–Crippen MR) is 157 cm³/mol. The molecule has 4 atom stereocenters. The van der Waals surface area contributed by atoms with Gasteiger partial charge in [0.15, 0.2) is 28.9 Å². The van der Waals surface area contributed by atoms with Gasteiger partial charge in [-0.3, -0.25) is 28.9 Å². The monoisotopic (exact) mass is 596 g/mol. The fourth-order valence-corrected chi connectivity index (χ4v) is 6.81. The molecule has 11 heteroatoms. The van der Waals surface area contributed by atoms with Gasteiger partial charge in [-0.1, -0.05) is 13.3 Å². The van der Waals surface area contributed by atoms with E-state index < -0.39 is 64.1 Å². The molecule has 0 spiro atoms. The van der Waals surface area contributed by atoms with Crippen LogP contribution in [0.3, 0.4) is 0 Å². The van der Waals surface area contributed by atoms with E-state index in [1.807, 2.05) is 32.0 Å². The maximum Gasteiger partial charge on any atom is 0.307 e. The fraction of sp³-hybridized carbons (Fsp3) is 0.531. The Labute approximate surface area is 251 Å². The van der Waals surface area contributed by atoms with Crippen molar-refractivity contribution in [3.05, 3.63) is 45.9 Å². The third-order valence-electron chi connectivity index (χ3n) is 8.40. The van der Waals surface area contributed by atoms with Crippen molar-refractivity contribution in [3.63, 3.8) is 0 Å². The highest BCUT2D eigenvalue weighted by Gasteiger charge is 2.66. The lowest BCUT2D eigenvalue weighted by Crippen LogP contribution is -2.64. The van der Waals surface area contributed by atoms with Gasteiger partial charge < -0.3 is 24.2 Å². The molecule has 3 aliphatic carbocycles. The first-order valence-electron chi connectivity index (χ1n) is 14.5. The quantitative estimate of drug-likeness (QED) is 0.255. The van der Waals surface area contributed by atoms with Crippen molar-refractivity contribution >= 4 is 35.0 Å². The van der Waals surface area contributed by atoms with Gasteiger partial charge >= 0.3 is 11.9 Å². The summed E-state index contributed by atoms with van der Waals surface area (Å²) in [6.07, 6.45) is 2.09. The van der Waals surface area contributed by atoms with Crippen LogP contribution in [0.1, 0.15) is 62.9 Å². The lowest BCUT2D eigenvalue weighted by Gasteiger charge is -2.52. The lowest BCUT2D eigenvalue weighted by atomic mass is 9.58. The second kappa shape index (κ2) is 11.9. The third-order valence-corrected chi connectivity index (χ3v) is 8.40. The second-order valence-electron chi connectivity index (χ2n) is 11.8. The minimum absolute atomic E-state index is 0.0396. The van der Waals surface area contributed by atoms with Crippen molar-refractivity contribution in [3.8, 4) is 5.75 Å². The largest absolute Gasteiger partial charge is 0.507 e. The number of allylic oxidation sites excluding steroid dienone is 1. The summed E-state index contributed by atoms with van der Waals surface area (Å²) in [6, 6.07) is 2.57. The smallest absolute Gasteiger partial charge is 0.307 e. The molecular weight excluding hydrogens is 556 g/mol. The number of carbonyl (C=O) groups is 5. The Hall–Kier alpha value is -3.99. The molecule has 0 aromatic heterocycles. The van der Waals surface area contributed by atoms with Crippen LogP contribution in [-0.4, -0.2) is 85.7 Å². The number of hydrogen-bond donors (Lipinski definition) is 1. The molecule has 0 bridgehead atoms. The molecule has 1 aromatic rings. The second-order valence-corrected chi connectivity index (χ2v) is 11.8. The number of ether oxygens (including phenoxy) is 3. The van der Waals surface area contributed by atoms with Crippen LogP contribution >= 0.6 is 0 Å². The van der Waals surface area contributed by atoms with E-state index in [1.165, 1.54) is 0 Å². The molecule has 0 saturated heterocycles. The Morgan fingerprint density at radius 1 is 1.05 bits per heavy atom. The number of unbranched alkanes of at least 4 members (excludes halogenated alkanes) is 1. The Morgan fingerprint density at radius 2 is 1.72 bits per heavy atom. The molecule has 1 unspecified atom stereocenters. The Bertz CT molecular complexity index is 1450. The summed E-state index contributed by atoms with van der Waals surface area (Å²) in [7, 11) is 7.01. The molecule has 43 heavy (non-hydrogen) atoms. The third kappa shape index (κ3) is 5.24. The topological polar surface area (TPSA) is 140 Å². The fourth-order valence-electron chi connectivity index (χ4n) is 6.81. The van der Waals surface area contributed by atoms with Gasteiger partial charge in [-0.2, -0.15) is 0 Å². The number of aliphatic hydroxyl groups is 1. The van der Waals surface area contributed by atoms with Crippen molar-refractivity contribution in [2.45, 2.75) is 65.0 Å². The SMILES string of the molecule is CCCCOc1ccc(N(C)C)c2c1C(=O)C1=C(OC(C)=O)[C@]3(OC(C)=O)C(O)=C(C(C)=O)C(=O)C(N(C)C)[C@@H]3C[C@@H]1C2. The van der Waals surface area contributed by atoms with Gasteiger partial charge in [0.25, 0.3) is 0 Å². The van der Waals surface area contributed by atoms with E-state index >= 15 is 0 Å². The van der Waals surface area contributed by atoms with Crippen molar-refractivity contribution in [1.29, 1.82) is 0 Å². The molecule has 0 heterocycles. The highest BCUT2D eigenvalue weighted by atomic mass is 16.6. The molecule has 4 rings (SSSR count). The summed E-state index contributed by atoms with van der Waals surface area (Å²) in [5.41, 5.74) is -0.960. The molecule has 0 radical (unpaired) electrons. The zero-order valence-corrected chi connectivity index (χ0v) is 26.0. The van der Waals surface area contributed by atoms with Crippen LogP contribution in [0.25, 0.3) is 0 Å². The van der Waals surface area contributed by atoms with E-state index in [4.69, 9.17) is 14.2 Å². The number of carbonyl (C=O) groups excluding carboxylic acids is 5. The van der Waals surface area contributed by atoms with Crippen molar-refractivity contribution in [2.24, 2.45) is 11.8 Å². The van der Waals surface area contributed by atoms with E-state index in [1.54, 1.807) is 25.1 Å². The zero-order valence-electron chi connectivity index (χ0n) is 26.0. The molecule has 3 aliphatic rings. The number of likely N-dealkylation sites (N-methyl/N-ethyl adjacent to an activating group) is 1. The number of Topliss-reactive ketones (excluding diaryl/α,β-unsaturated/α-hetero) is 3. The molecule has 11 nitrogen and oxygen atoms in total. The number of nitrogens with zero attached hydrogens (tertiary/aromatic N) is 2. The minimum Gasteiger partial charge on any atom is -0.507 e.